The van der Waals surface area contributed by atoms with Crippen molar-refractivity contribution in [3.8, 4) is 0 Å². The summed E-state index contributed by atoms with van der Waals surface area (Å²) in [6, 6.07) is 6.90. The quantitative estimate of drug-likeness (QED) is 0.631. The molecule has 27 heavy (non-hydrogen) atoms. The topological polar surface area (TPSA) is 88.2 Å². The van der Waals surface area contributed by atoms with Crippen LogP contribution in [0, 0.1) is 0 Å². The van der Waals surface area contributed by atoms with E-state index in [1.807, 2.05) is 0 Å². The Balaban J connectivity index is 1.82. The number of benzene rings is 1. The number of amides is 3. The summed E-state index contributed by atoms with van der Waals surface area (Å²) in [4.78, 5) is 38.6. The van der Waals surface area contributed by atoms with Crippen molar-refractivity contribution in [2.75, 3.05) is 44.7 Å². The SMILES string of the molecule is CCOC(=O)C=Cc1ccc(NC(=O)N2CCN(C(=O)OCC)CC2)cc1. The minimum Gasteiger partial charge on any atom is -0.463 e. The van der Waals surface area contributed by atoms with E-state index in [1.54, 1.807) is 54.0 Å². The number of piperazine rings is 1. The highest BCUT2D eigenvalue weighted by Gasteiger charge is 2.24. The van der Waals surface area contributed by atoms with E-state index in [2.05, 4.69) is 5.32 Å². The number of urea groups is 1. The number of ether oxygens (including phenoxy) is 2. The third kappa shape index (κ3) is 6.32. The molecule has 146 valence electrons. The molecule has 0 radical (unpaired) electrons. The van der Waals surface area contributed by atoms with Crippen molar-refractivity contribution in [1.82, 2.24) is 9.80 Å². The van der Waals surface area contributed by atoms with Gasteiger partial charge in [-0.05, 0) is 37.6 Å². The van der Waals surface area contributed by atoms with Crippen LogP contribution in [0.4, 0.5) is 15.3 Å². The highest BCUT2D eigenvalue weighted by Crippen LogP contribution is 2.13. The Kier molecular flexibility index (Phi) is 7.66. The van der Waals surface area contributed by atoms with E-state index in [9.17, 15) is 14.4 Å². The highest BCUT2D eigenvalue weighted by molar-refractivity contribution is 5.90. The smallest absolute Gasteiger partial charge is 0.409 e. The van der Waals surface area contributed by atoms with Crippen LogP contribution in [0.3, 0.4) is 0 Å². The van der Waals surface area contributed by atoms with Gasteiger partial charge in [0.2, 0.25) is 0 Å². The van der Waals surface area contributed by atoms with E-state index in [0.29, 0.717) is 45.1 Å². The van der Waals surface area contributed by atoms with E-state index in [1.165, 1.54) is 6.08 Å². The number of nitrogens with zero attached hydrogens (tertiary/aromatic N) is 2. The molecule has 1 heterocycles. The van der Waals surface area contributed by atoms with Crippen molar-refractivity contribution in [1.29, 1.82) is 0 Å². The van der Waals surface area contributed by atoms with Crippen molar-refractivity contribution in [3.05, 3.63) is 35.9 Å². The van der Waals surface area contributed by atoms with Crippen molar-refractivity contribution < 1.29 is 23.9 Å². The van der Waals surface area contributed by atoms with Gasteiger partial charge < -0.3 is 24.6 Å². The number of hydrogen-bond acceptors (Lipinski definition) is 5. The zero-order valence-electron chi connectivity index (χ0n) is 15.6. The Morgan fingerprint density at radius 3 is 2.15 bits per heavy atom. The Bertz CT molecular complexity index is 679. The lowest BCUT2D eigenvalue weighted by Gasteiger charge is -2.34. The molecule has 3 amide bonds. The molecule has 0 unspecified atom stereocenters. The Morgan fingerprint density at radius 2 is 1.56 bits per heavy atom. The fourth-order valence-electron chi connectivity index (χ4n) is 2.54. The number of nitrogens with one attached hydrogen (secondary N) is 1. The predicted octanol–water partition coefficient (Wildman–Crippen LogP) is 2.57. The number of esters is 1. The summed E-state index contributed by atoms with van der Waals surface area (Å²) in [6.07, 6.45) is 2.67. The fraction of sp³-hybridized carbons (Fsp3) is 0.421. The largest absolute Gasteiger partial charge is 0.463 e. The van der Waals surface area contributed by atoms with E-state index in [-0.39, 0.29) is 12.1 Å². The van der Waals surface area contributed by atoms with Gasteiger partial charge in [0.25, 0.3) is 0 Å². The van der Waals surface area contributed by atoms with Gasteiger partial charge in [0.1, 0.15) is 0 Å². The monoisotopic (exact) mass is 375 g/mol. The second-order valence-electron chi connectivity index (χ2n) is 5.81. The molecule has 1 N–H and O–H groups in total. The number of hydrogen-bond donors (Lipinski definition) is 1. The van der Waals surface area contributed by atoms with Gasteiger partial charge in [0.05, 0.1) is 13.2 Å². The van der Waals surface area contributed by atoms with Crippen LogP contribution in [0.5, 0.6) is 0 Å². The van der Waals surface area contributed by atoms with Crippen LogP contribution < -0.4 is 5.32 Å². The molecule has 0 saturated carbocycles. The molecular weight excluding hydrogens is 350 g/mol. The average molecular weight is 375 g/mol. The summed E-state index contributed by atoms with van der Waals surface area (Å²) >= 11 is 0. The molecule has 0 bridgehead atoms. The highest BCUT2D eigenvalue weighted by atomic mass is 16.6. The van der Waals surface area contributed by atoms with E-state index in [4.69, 9.17) is 9.47 Å². The predicted molar refractivity (Wildman–Crippen MR) is 101 cm³/mol. The van der Waals surface area contributed by atoms with Gasteiger partial charge in [0, 0.05) is 37.9 Å². The zero-order valence-corrected chi connectivity index (χ0v) is 15.6. The second-order valence-corrected chi connectivity index (χ2v) is 5.81. The molecule has 1 aliphatic heterocycles. The lowest BCUT2D eigenvalue weighted by molar-refractivity contribution is -0.137. The number of carbonyl (C=O) groups excluding carboxylic acids is 3. The first-order valence-corrected chi connectivity index (χ1v) is 8.96. The van der Waals surface area contributed by atoms with Crippen molar-refractivity contribution >= 4 is 29.9 Å². The summed E-state index contributed by atoms with van der Waals surface area (Å²) in [5.41, 5.74) is 1.48. The normalized spacial score (nSPS) is 14.1. The van der Waals surface area contributed by atoms with Gasteiger partial charge in [-0.25, -0.2) is 14.4 Å². The Hall–Kier alpha value is -3.03. The van der Waals surface area contributed by atoms with E-state index in [0.717, 1.165) is 5.56 Å². The summed E-state index contributed by atoms with van der Waals surface area (Å²) in [5, 5.41) is 2.83. The minimum atomic E-state index is -0.392. The first-order chi connectivity index (χ1) is 13.0. The molecule has 8 heteroatoms. The molecule has 0 spiro atoms. The lowest BCUT2D eigenvalue weighted by atomic mass is 10.2. The first-order valence-electron chi connectivity index (χ1n) is 8.96. The summed E-state index contributed by atoms with van der Waals surface area (Å²) in [5.74, 6) is -0.392. The third-order valence-corrected chi connectivity index (χ3v) is 3.95. The van der Waals surface area contributed by atoms with Gasteiger partial charge in [0.15, 0.2) is 0 Å². The molecule has 1 aromatic carbocycles. The van der Waals surface area contributed by atoms with Crippen LogP contribution in [0.1, 0.15) is 19.4 Å². The van der Waals surface area contributed by atoms with E-state index >= 15 is 0 Å². The standard InChI is InChI=1S/C19H25N3O5/c1-3-26-17(23)10-7-15-5-8-16(9-6-15)20-18(24)21-11-13-22(14-12-21)19(25)27-4-2/h5-10H,3-4,11-14H2,1-2H3,(H,20,24). The third-order valence-electron chi connectivity index (χ3n) is 3.95. The van der Waals surface area contributed by atoms with Crippen molar-refractivity contribution in [2.24, 2.45) is 0 Å². The molecule has 0 aromatic heterocycles. The molecule has 8 nitrogen and oxygen atoms in total. The maximum Gasteiger partial charge on any atom is 0.409 e. The van der Waals surface area contributed by atoms with E-state index < -0.39 is 5.97 Å². The van der Waals surface area contributed by atoms with Crippen molar-refractivity contribution in [2.45, 2.75) is 13.8 Å². The molecule has 0 aliphatic carbocycles. The van der Waals surface area contributed by atoms with Gasteiger partial charge in [-0.2, -0.15) is 0 Å². The van der Waals surface area contributed by atoms with Crippen LogP contribution in [0.15, 0.2) is 30.3 Å². The van der Waals surface area contributed by atoms with Crippen LogP contribution in [-0.4, -0.2) is 67.3 Å². The fourth-order valence-corrected chi connectivity index (χ4v) is 2.54. The molecule has 1 aliphatic rings. The van der Waals surface area contributed by atoms with Crippen molar-refractivity contribution in [3.63, 3.8) is 0 Å². The minimum absolute atomic E-state index is 0.215. The molecule has 1 fully saturated rings. The summed E-state index contributed by atoms with van der Waals surface area (Å²) in [6.45, 7) is 5.98. The maximum atomic E-state index is 12.3. The molecule has 2 rings (SSSR count). The second kappa shape index (κ2) is 10.2. The van der Waals surface area contributed by atoms with Gasteiger partial charge in [-0.3, -0.25) is 0 Å². The summed E-state index contributed by atoms with van der Waals surface area (Å²) < 4.78 is 9.79. The molecule has 1 saturated heterocycles. The van der Waals surface area contributed by atoms with Crippen LogP contribution in [0.25, 0.3) is 6.08 Å². The Labute approximate surface area is 158 Å². The molecule has 1 aromatic rings. The van der Waals surface area contributed by atoms with Crippen LogP contribution >= 0.6 is 0 Å². The van der Waals surface area contributed by atoms with Gasteiger partial charge >= 0.3 is 18.1 Å². The lowest BCUT2D eigenvalue weighted by Crippen LogP contribution is -2.51. The molecule has 0 atom stereocenters. The summed E-state index contributed by atoms with van der Waals surface area (Å²) in [7, 11) is 0. The van der Waals surface area contributed by atoms with Gasteiger partial charge in [-0.1, -0.05) is 12.1 Å². The molecular formula is C19H25N3O5. The zero-order chi connectivity index (χ0) is 19.6. The number of carbonyl (C=O) groups is 3. The Morgan fingerprint density at radius 1 is 0.963 bits per heavy atom. The number of anilines is 1. The van der Waals surface area contributed by atoms with Gasteiger partial charge in [-0.15, -0.1) is 0 Å². The first kappa shape index (κ1) is 20.3. The average Bonchev–Trinajstić information content (AvgIpc) is 2.68. The number of rotatable bonds is 5. The maximum absolute atomic E-state index is 12.3. The van der Waals surface area contributed by atoms with Crippen LogP contribution in [0.2, 0.25) is 0 Å². The van der Waals surface area contributed by atoms with Crippen LogP contribution in [-0.2, 0) is 14.3 Å².